The molecule has 2 aliphatic rings. The van der Waals surface area contributed by atoms with E-state index in [1.807, 2.05) is 65.8 Å². The van der Waals surface area contributed by atoms with Gasteiger partial charge in [0.1, 0.15) is 0 Å². The van der Waals surface area contributed by atoms with Crippen molar-refractivity contribution in [2.75, 3.05) is 21.3 Å². The lowest BCUT2D eigenvalue weighted by atomic mass is 9.88. The van der Waals surface area contributed by atoms with Crippen LogP contribution in [-0.2, 0) is 0 Å². The fourth-order valence-corrected chi connectivity index (χ4v) is 8.22. The van der Waals surface area contributed by atoms with Crippen molar-refractivity contribution in [3.8, 4) is 11.8 Å². The Morgan fingerprint density at radius 3 is 1.02 bits per heavy atom. The molecule has 8 nitrogen and oxygen atoms in total. The average molecular weight is 683 g/mol. The van der Waals surface area contributed by atoms with Crippen LogP contribution in [0, 0.1) is 53.4 Å². The Morgan fingerprint density at radius 1 is 0.423 bits per heavy atom. The number of hydrogen-bond donors (Lipinski definition) is 2. The molecule has 4 amide bonds. The average Bonchev–Trinajstić information content (AvgIpc) is 3.08. The van der Waals surface area contributed by atoms with Crippen LogP contribution in [0.2, 0.25) is 0 Å². The smallest absolute Gasteiger partial charge is 0.266 e. The summed E-state index contributed by atoms with van der Waals surface area (Å²) in [6.07, 6.45) is 0. The van der Waals surface area contributed by atoms with E-state index in [1.54, 1.807) is 48.5 Å². The van der Waals surface area contributed by atoms with Gasteiger partial charge in [0.15, 0.2) is 0 Å². The van der Waals surface area contributed by atoms with E-state index in [2.05, 4.69) is 11.8 Å². The molecule has 0 saturated heterocycles. The first kappa shape index (κ1) is 32.5. The summed E-state index contributed by atoms with van der Waals surface area (Å²) >= 11 is 0. The maximum atomic E-state index is 14.1. The molecule has 0 bridgehead atoms. The summed E-state index contributed by atoms with van der Waals surface area (Å²) in [5.41, 5.74) is 22.8. The molecule has 6 aromatic rings. The number of amides is 4. The first-order valence-electron chi connectivity index (χ1n) is 16.9. The van der Waals surface area contributed by atoms with Gasteiger partial charge >= 0.3 is 0 Å². The quantitative estimate of drug-likeness (QED) is 0.108. The summed E-state index contributed by atoms with van der Waals surface area (Å²) in [5, 5.41) is 1.91. The molecule has 8 heteroatoms. The highest BCUT2D eigenvalue weighted by Gasteiger charge is 2.38. The van der Waals surface area contributed by atoms with Gasteiger partial charge in [-0.15, -0.1) is 0 Å². The molecule has 0 unspecified atom stereocenters. The van der Waals surface area contributed by atoms with Crippen LogP contribution in [0.15, 0.2) is 72.8 Å². The number of hydrogen-bond acceptors (Lipinski definition) is 6. The van der Waals surface area contributed by atoms with Crippen molar-refractivity contribution in [2.45, 2.75) is 41.5 Å². The monoisotopic (exact) mass is 682 g/mol. The molecule has 0 aromatic heterocycles. The van der Waals surface area contributed by atoms with Gasteiger partial charge in [-0.05, 0) is 112 Å². The normalized spacial score (nSPS) is 13.7. The number of rotatable bonds is 2. The number of nitrogen functional groups attached to an aromatic ring is 2. The zero-order chi connectivity index (χ0) is 36.9. The predicted octanol–water partition coefficient (Wildman–Crippen LogP) is 8.01. The fraction of sp³-hybridized carbons (Fsp3) is 0.136. The molecular formula is C44H34N4O4. The molecule has 2 aliphatic heterocycles. The summed E-state index contributed by atoms with van der Waals surface area (Å²) < 4.78 is 0. The molecule has 0 radical (unpaired) electrons. The highest BCUT2D eigenvalue weighted by Crippen LogP contribution is 2.41. The van der Waals surface area contributed by atoms with Crippen LogP contribution in [0.3, 0.4) is 0 Å². The van der Waals surface area contributed by atoms with Crippen LogP contribution < -0.4 is 21.3 Å². The summed E-state index contributed by atoms with van der Waals surface area (Å²) in [6.45, 7) is 11.5. The van der Waals surface area contributed by atoms with Gasteiger partial charge in [-0.2, -0.15) is 0 Å². The molecule has 8 rings (SSSR count). The first-order chi connectivity index (χ1) is 24.8. The van der Waals surface area contributed by atoms with Gasteiger partial charge in [0.25, 0.3) is 23.6 Å². The van der Waals surface area contributed by atoms with Gasteiger partial charge in [0.2, 0.25) is 0 Å². The van der Waals surface area contributed by atoms with Crippen molar-refractivity contribution in [3.05, 3.63) is 140 Å². The van der Waals surface area contributed by atoms with E-state index in [0.717, 1.165) is 33.4 Å². The van der Waals surface area contributed by atoms with E-state index in [-0.39, 0.29) is 0 Å². The van der Waals surface area contributed by atoms with E-state index in [4.69, 9.17) is 11.5 Å². The number of anilines is 4. The number of benzene rings is 6. The van der Waals surface area contributed by atoms with Gasteiger partial charge in [-0.25, -0.2) is 9.80 Å². The van der Waals surface area contributed by atoms with Crippen LogP contribution in [-0.4, -0.2) is 23.6 Å². The fourth-order valence-electron chi connectivity index (χ4n) is 8.22. The van der Waals surface area contributed by atoms with E-state index in [1.165, 1.54) is 9.80 Å². The predicted molar refractivity (Wildman–Crippen MR) is 206 cm³/mol. The van der Waals surface area contributed by atoms with E-state index < -0.39 is 23.6 Å². The largest absolute Gasteiger partial charge is 0.398 e. The van der Waals surface area contributed by atoms with Crippen LogP contribution in [0.25, 0.3) is 21.5 Å². The van der Waals surface area contributed by atoms with Crippen molar-refractivity contribution in [3.63, 3.8) is 0 Å². The van der Waals surface area contributed by atoms with Gasteiger partial charge in [-0.1, -0.05) is 47.2 Å². The lowest BCUT2D eigenvalue weighted by molar-refractivity contribution is 0.0877. The third-order valence-corrected chi connectivity index (χ3v) is 10.2. The Balaban J connectivity index is 1.26. The Morgan fingerprint density at radius 2 is 0.712 bits per heavy atom. The molecule has 0 spiro atoms. The molecule has 254 valence electrons. The van der Waals surface area contributed by atoms with Crippen LogP contribution >= 0.6 is 0 Å². The van der Waals surface area contributed by atoms with Gasteiger partial charge in [0.05, 0.1) is 11.4 Å². The van der Waals surface area contributed by atoms with Crippen molar-refractivity contribution in [1.29, 1.82) is 0 Å². The minimum absolute atomic E-state index is 0.355. The molecule has 0 saturated carbocycles. The zero-order valence-corrected chi connectivity index (χ0v) is 29.6. The molecule has 0 fully saturated rings. The summed E-state index contributed by atoms with van der Waals surface area (Å²) in [4.78, 5) is 58.8. The highest BCUT2D eigenvalue weighted by atomic mass is 16.2. The Bertz CT molecular complexity index is 2490. The molecule has 4 N–H and O–H groups in total. The maximum absolute atomic E-state index is 14.1. The molecule has 52 heavy (non-hydrogen) atoms. The number of carbonyl (C=O) groups is 4. The first-order valence-corrected chi connectivity index (χ1v) is 16.9. The van der Waals surface area contributed by atoms with Crippen LogP contribution in [0.4, 0.5) is 22.7 Å². The Labute approximate surface area is 300 Å². The van der Waals surface area contributed by atoms with Crippen molar-refractivity contribution in [1.82, 2.24) is 0 Å². The van der Waals surface area contributed by atoms with Crippen molar-refractivity contribution >= 4 is 67.9 Å². The molecule has 0 atom stereocenters. The maximum Gasteiger partial charge on any atom is 0.266 e. The summed E-state index contributed by atoms with van der Waals surface area (Å²) in [6, 6.07) is 21.3. The second-order valence-electron chi connectivity index (χ2n) is 13.9. The summed E-state index contributed by atoms with van der Waals surface area (Å²) in [5.74, 6) is 4.70. The standard InChI is InChI=1S/C44H34N4O4/c1-21-17-23(3)39(24(4)18-21)47-41(49)29-11-9-27(35-33(45)15-13-31(37(29)35)43(47)51)7-8-28-10-12-30-38-32(14-16-34(46)36(28)38)44(52)48(42(30)50)40-25(5)19-22(2)20-26(40)6/h9-20H,45-46H2,1-6H3. The highest BCUT2D eigenvalue weighted by molar-refractivity contribution is 6.38. The van der Waals surface area contributed by atoms with Gasteiger partial charge in [0, 0.05) is 66.3 Å². The van der Waals surface area contributed by atoms with Gasteiger partial charge < -0.3 is 11.5 Å². The molecular weight excluding hydrogens is 649 g/mol. The Hall–Kier alpha value is -6.72. The SMILES string of the molecule is Cc1cc(C)c(N2C(=O)c3ccc(N)c4c(C#Cc5ccc6c7c(ccc(N)c57)C(=O)N(c5c(C)cc(C)cc5C)C6=O)ccc(c34)C2=O)c(C)c1. The minimum atomic E-state index is -0.432. The zero-order valence-electron chi connectivity index (χ0n) is 29.6. The number of carbonyl (C=O) groups excluding carboxylic acids is 4. The molecule has 0 aliphatic carbocycles. The van der Waals surface area contributed by atoms with Crippen LogP contribution in [0.5, 0.6) is 0 Å². The number of imide groups is 2. The van der Waals surface area contributed by atoms with E-state index in [0.29, 0.717) is 77.7 Å². The lowest BCUT2D eigenvalue weighted by Gasteiger charge is -2.30. The molecule has 6 aromatic carbocycles. The second kappa shape index (κ2) is 11.4. The van der Waals surface area contributed by atoms with Gasteiger partial charge in [-0.3, -0.25) is 19.2 Å². The van der Waals surface area contributed by atoms with E-state index >= 15 is 0 Å². The second-order valence-corrected chi connectivity index (χ2v) is 13.9. The van der Waals surface area contributed by atoms with Crippen LogP contribution in [0.1, 0.15) is 85.9 Å². The third-order valence-electron chi connectivity index (χ3n) is 10.2. The summed E-state index contributed by atoms with van der Waals surface area (Å²) in [7, 11) is 0. The number of nitrogens with two attached hydrogens (primary N) is 2. The lowest BCUT2D eigenvalue weighted by Crippen LogP contribution is -2.41. The van der Waals surface area contributed by atoms with E-state index in [9.17, 15) is 19.2 Å². The number of nitrogens with zero attached hydrogens (tertiary/aromatic N) is 2. The van der Waals surface area contributed by atoms with Crippen molar-refractivity contribution in [2.24, 2.45) is 0 Å². The number of aryl methyl sites for hydroxylation is 6. The Kier molecular flexibility index (Phi) is 7.12. The third kappa shape index (κ3) is 4.56. The van der Waals surface area contributed by atoms with Crippen molar-refractivity contribution < 1.29 is 19.2 Å². The minimum Gasteiger partial charge on any atom is -0.398 e. The molecule has 2 heterocycles. The topological polar surface area (TPSA) is 127 Å².